The summed E-state index contributed by atoms with van der Waals surface area (Å²) in [4.78, 5) is 11.5. The third kappa shape index (κ3) is 1.65. The Bertz CT molecular complexity index is 407. The molecule has 2 nitrogen and oxygen atoms in total. The van der Waals surface area contributed by atoms with Gasteiger partial charge in [-0.25, -0.2) is 0 Å². The topological polar surface area (TPSA) is 26.3 Å². The van der Waals surface area contributed by atoms with Crippen LogP contribution in [0.25, 0.3) is 0 Å². The zero-order chi connectivity index (χ0) is 11.0. The van der Waals surface area contributed by atoms with E-state index in [9.17, 15) is 4.79 Å². The Labute approximate surface area is 90.3 Å². The van der Waals surface area contributed by atoms with Gasteiger partial charge in [0.1, 0.15) is 11.5 Å². The Morgan fingerprint density at radius 2 is 2.13 bits per heavy atom. The highest BCUT2D eigenvalue weighted by Gasteiger charge is 2.24. The summed E-state index contributed by atoms with van der Waals surface area (Å²) < 4.78 is 5.30. The van der Waals surface area contributed by atoms with Crippen LogP contribution in [0.3, 0.4) is 0 Å². The predicted molar refractivity (Wildman–Crippen MR) is 59.5 cm³/mol. The second kappa shape index (κ2) is 3.69. The van der Waals surface area contributed by atoms with Crippen LogP contribution in [-0.2, 0) is 11.2 Å². The summed E-state index contributed by atoms with van der Waals surface area (Å²) in [5, 5.41) is 0. The van der Waals surface area contributed by atoms with Gasteiger partial charge >= 0.3 is 0 Å². The third-order valence-corrected chi connectivity index (χ3v) is 3.19. The number of hydrogen-bond acceptors (Lipinski definition) is 2. The Balaban J connectivity index is 2.56. The second-order valence-electron chi connectivity index (χ2n) is 4.29. The van der Waals surface area contributed by atoms with Gasteiger partial charge in [0.25, 0.3) is 0 Å². The summed E-state index contributed by atoms with van der Waals surface area (Å²) in [6, 6.07) is 3.98. The maximum atomic E-state index is 11.5. The summed E-state index contributed by atoms with van der Waals surface area (Å²) in [5.41, 5.74) is 3.68. The van der Waals surface area contributed by atoms with Crippen molar-refractivity contribution in [3.8, 4) is 5.75 Å². The molecule has 0 saturated carbocycles. The first-order chi connectivity index (χ1) is 7.13. The number of rotatable bonds is 1. The van der Waals surface area contributed by atoms with Crippen molar-refractivity contribution in [1.82, 2.24) is 0 Å². The van der Waals surface area contributed by atoms with Gasteiger partial charge in [0.2, 0.25) is 0 Å². The zero-order valence-corrected chi connectivity index (χ0v) is 9.46. The molecule has 0 saturated heterocycles. The van der Waals surface area contributed by atoms with Crippen LogP contribution in [-0.4, -0.2) is 12.9 Å². The Morgan fingerprint density at radius 3 is 2.80 bits per heavy atom. The van der Waals surface area contributed by atoms with Crippen LogP contribution in [0.5, 0.6) is 5.75 Å². The molecule has 1 atom stereocenters. The van der Waals surface area contributed by atoms with Crippen LogP contribution >= 0.6 is 0 Å². The van der Waals surface area contributed by atoms with E-state index in [1.807, 2.05) is 12.1 Å². The van der Waals surface area contributed by atoms with Crippen LogP contribution in [0.4, 0.5) is 0 Å². The normalized spacial score (nSPS) is 19.9. The zero-order valence-electron chi connectivity index (χ0n) is 9.46. The van der Waals surface area contributed by atoms with Crippen molar-refractivity contribution in [2.75, 3.05) is 7.11 Å². The number of fused-ring (bicyclic) bond motifs is 1. The van der Waals surface area contributed by atoms with Gasteiger partial charge < -0.3 is 4.74 Å². The van der Waals surface area contributed by atoms with Crippen LogP contribution < -0.4 is 4.74 Å². The van der Waals surface area contributed by atoms with E-state index in [-0.39, 0.29) is 0 Å². The monoisotopic (exact) mass is 204 g/mol. The number of ether oxygens (including phenoxy) is 1. The fourth-order valence-corrected chi connectivity index (χ4v) is 2.55. The molecule has 0 bridgehead atoms. The molecule has 80 valence electrons. The Hall–Kier alpha value is -1.31. The van der Waals surface area contributed by atoms with Crippen molar-refractivity contribution >= 4 is 5.78 Å². The minimum atomic E-state index is 0.330. The molecule has 2 heteroatoms. The molecule has 0 aromatic heterocycles. The lowest BCUT2D eigenvalue weighted by atomic mass is 9.80. The third-order valence-electron chi connectivity index (χ3n) is 3.19. The van der Waals surface area contributed by atoms with Gasteiger partial charge in [0, 0.05) is 12.8 Å². The van der Waals surface area contributed by atoms with Crippen LogP contribution in [0.2, 0.25) is 0 Å². The largest absolute Gasteiger partial charge is 0.496 e. The number of hydrogen-bond donors (Lipinski definition) is 0. The number of methoxy groups -OCH3 is 1. The summed E-state index contributed by atoms with van der Waals surface area (Å²) in [6.45, 7) is 4.19. The molecule has 1 aromatic rings. The van der Waals surface area contributed by atoms with Crippen molar-refractivity contribution in [3.05, 3.63) is 28.8 Å². The number of benzene rings is 1. The van der Waals surface area contributed by atoms with Crippen molar-refractivity contribution in [2.24, 2.45) is 0 Å². The molecule has 0 N–H and O–H groups in total. The van der Waals surface area contributed by atoms with E-state index in [0.717, 1.165) is 5.75 Å². The lowest BCUT2D eigenvalue weighted by Crippen LogP contribution is -2.18. The molecule has 0 radical (unpaired) electrons. The van der Waals surface area contributed by atoms with Crippen LogP contribution in [0.1, 0.15) is 36.0 Å². The van der Waals surface area contributed by atoms with E-state index in [1.54, 1.807) is 7.11 Å². The number of carbonyl (C=O) groups excluding carboxylic acids is 1. The van der Waals surface area contributed by atoms with E-state index in [1.165, 1.54) is 16.7 Å². The molecule has 0 fully saturated rings. The van der Waals surface area contributed by atoms with Gasteiger partial charge in [-0.05, 0) is 35.6 Å². The second-order valence-corrected chi connectivity index (χ2v) is 4.29. The van der Waals surface area contributed by atoms with Crippen LogP contribution in [0.15, 0.2) is 12.1 Å². The molecule has 1 aromatic carbocycles. The summed E-state index contributed by atoms with van der Waals surface area (Å²) >= 11 is 0. The van der Waals surface area contributed by atoms with Gasteiger partial charge in [-0.1, -0.05) is 13.0 Å². The fourth-order valence-electron chi connectivity index (χ4n) is 2.55. The highest BCUT2D eigenvalue weighted by atomic mass is 16.5. The van der Waals surface area contributed by atoms with Crippen LogP contribution in [0, 0.1) is 6.92 Å². The minimum Gasteiger partial charge on any atom is -0.496 e. The van der Waals surface area contributed by atoms with Gasteiger partial charge in [0.05, 0.1) is 7.11 Å². The molecule has 2 rings (SSSR count). The Morgan fingerprint density at radius 1 is 1.40 bits per heavy atom. The first-order valence-electron chi connectivity index (χ1n) is 5.31. The molecule has 1 aliphatic carbocycles. The predicted octanol–water partition coefficient (Wildman–Crippen LogP) is 2.62. The van der Waals surface area contributed by atoms with E-state index >= 15 is 0 Å². The molecule has 0 amide bonds. The molecule has 0 aliphatic heterocycles. The molecule has 1 aliphatic rings. The number of carbonyl (C=O) groups is 1. The van der Waals surface area contributed by atoms with Crippen molar-refractivity contribution < 1.29 is 9.53 Å². The first kappa shape index (κ1) is 10.2. The summed E-state index contributed by atoms with van der Waals surface area (Å²) in [5.74, 6) is 1.60. The van der Waals surface area contributed by atoms with Crippen molar-refractivity contribution in [1.29, 1.82) is 0 Å². The fraction of sp³-hybridized carbons (Fsp3) is 0.462. The standard InChI is InChI=1S/C13H16O2/c1-8-6-11(14)7-10-4-5-12(15-3)9(2)13(8)10/h4-5,8H,6-7H2,1-3H3. The molecule has 0 spiro atoms. The minimum absolute atomic E-state index is 0.330. The van der Waals surface area contributed by atoms with E-state index in [2.05, 4.69) is 13.8 Å². The Kier molecular flexibility index (Phi) is 2.51. The van der Waals surface area contributed by atoms with Crippen molar-refractivity contribution in [3.63, 3.8) is 0 Å². The van der Waals surface area contributed by atoms with E-state index in [0.29, 0.717) is 24.5 Å². The average molecular weight is 204 g/mol. The molecule has 15 heavy (non-hydrogen) atoms. The summed E-state index contributed by atoms with van der Waals surface area (Å²) in [6.07, 6.45) is 1.26. The smallest absolute Gasteiger partial charge is 0.137 e. The maximum Gasteiger partial charge on any atom is 0.137 e. The molecule has 1 unspecified atom stereocenters. The average Bonchev–Trinajstić information content (AvgIpc) is 2.17. The molecule has 0 heterocycles. The molecular formula is C13H16O2. The highest BCUT2D eigenvalue weighted by Crippen LogP contribution is 2.35. The summed E-state index contributed by atoms with van der Waals surface area (Å²) in [7, 11) is 1.69. The number of Topliss-reactive ketones (excluding diaryl/α,β-unsaturated/α-hetero) is 1. The van der Waals surface area contributed by atoms with Gasteiger partial charge in [0.15, 0.2) is 0 Å². The quantitative estimate of drug-likeness (QED) is 0.703. The van der Waals surface area contributed by atoms with E-state index in [4.69, 9.17) is 4.74 Å². The maximum absolute atomic E-state index is 11.5. The SMILES string of the molecule is COc1ccc2c(c1C)C(C)CC(=O)C2. The van der Waals surface area contributed by atoms with Gasteiger partial charge in [-0.3, -0.25) is 4.79 Å². The lowest BCUT2D eigenvalue weighted by molar-refractivity contribution is -0.119. The first-order valence-corrected chi connectivity index (χ1v) is 5.31. The molecular weight excluding hydrogens is 188 g/mol. The van der Waals surface area contributed by atoms with Gasteiger partial charge in [-0.2, -0.15) is 0 Å². The highest BCUT2D eigenvalue weighted by molar-refractivity contribution is 5.84. The lowest BCUT2D eigenvalue weighted by Gasteiger charge is -2.24. The van der Waals surface area contributed by atoms with Gasteiger partial charge in [-0.15, -0.1) is 0 Å². The van der Waals surface area contributed by atoms with E-state index < -0.39 is 0 Å². The van der Waals surface area contributed by atoms with Crippen molar-refractivity contribution in [2.45, 2.75) is 32.6 Å². The number of ketones is 1.